The van der Waals surface area contributed by atoms with Crippen molar-refractivity contribution in [2.24, 2.45) is 0 Å². The summed E-state index contributed by atoms with van der Waals surface area (Å²) in [5.74, 6) is 0.789. The second-order valence-electron chi connectivity index (χ2n) is 3.92. The summed E-state index contributed by atoms with van der Waals surface area (Å²) in [6.45, 7) is 0. The zero-order valence-corrected chi connectivity index (χ0v) is 11.8. The van der Waals surface area contributed by atoms with E-state index in [0.29, 0.717) is 22.1 Å². The summed E-state index contributed by atoms with van der Waals surface area (Å²) in [5, 5.41) is 0.469. The summed E-state index contributed by atoms with van der Waals surface area (Å²) < 4.78 is 15.6. The van der Waals surface area contributed by atoms with Crippen LogP contribution in [0.3, 0.4) is 0 Å². The number of carbonyl (C=O) groups excluding carboxylic acids is 1. The van der Waals surface area contributed by atoms with E-state index in [1.165, 1.54) is 20.3 Å². The number of hydrogen-bond donors (Lipinski definition) is 0. The summed E-state index contributed by atoms with van der Waals surface area (Å²) in [6.07, 6.45) is 0. The molecule has 0 aromatic heterocycles. The second-order valence-corrected chi connectivity index (χ2v) is 4.35. The molecule has 104 valence electrons. The van der Waals surface area contributed by atoms with E-state index in [2.05, 4.69) is 0 Å². The molecule has 0 spiro atoms. The quantitative estimate of drug-likeness (QED) is 0.638. The third kappa shape index (κ3) is 3.22. The lowest BCUT2D eigenvalue weighted by Gasteiger charge is -2.10. The van der Waals surface area contributed by atoms with Crippen LogP contribution in [0.1, 0.15) is 10.4 Å². The highest BCUT2D eigenvalue weighted by Gasteiger charge is 2.13. The van der Waals surface area contributed by atoms with E-state index in [1.807, 2.05) is 0 Å². The fourth-order valence-electron chi connectivity index (χ4n) is 1.64. The first-order valence-corrected chi connectivity index (χ1v) is 6.21. The van der Waals surface area contributed by atoms with Gasteiger partial charge in [0.15, 0.2) is 11.5 Å². The normalized spacial score (nSPS) is 9.95. The van der Waals surface area contributed by atoms with Crippen molar-refractivity contribution in [3.63, 3.8) is 0 Å². The molecule has 0 fully saturated rings. The van der Waals surface area contributed by atoms with Crippen molar-refractivity contribution in [1.82, 2.24) is 0 Å². The number of rotatable bonds is 4. The van der Waals surface area contributed by atoms with Crippen LogP contribution in [0.2, 0.25) is 5.02 Å². The van der Waals surface area contributed by atoms with Crippen LogP contribution >= 0.6 is 11.6 Å². The summed E-state index contributed by atoms with van der Waals surface area (Å²) >= 11 is 5.85. The van der Waals surface area contributed by atoms with E-state index < -0.39 is 5.97 Å². The van der Waals surface area contributed by atoms with E-state index in [0.717, 1.165) is 0 Å². The molecule has 5 heteroatoms. The zero-order chi connectivity index (χ0) is 14.5. The first-order valence-electron chi connectivity index (χ1n) is 5.84. The molecular formula is C15H13ClO4. The van der Waals surface area contributed by atoms with Gasteiger partial charge in [-0.1, -0.05) is 17.7 Å². The molecule has 0 radical (unpaired) electrons. The van der Waals surface area contributed by atoms with Crippen LogP contribution in [0.25, 0.3) is 0 Å². The Labute approximate surface area is 121 Å². The fourth-order valence-corrected chi connectivity index (χ4v) is 1.83. The lowest BCUT2D eigenvalue weighted by molar-refractivity contribution is 0.0729. The summed E-state index contributed by atoms with van der Waals surface area (Å²) in [6, 6.07) is 11.5. The highest BCUT2D eigenvalue weighted by Crippen LogP contribution is 2.31. The van der Waals surface area contributed by atoms with Crippen molar-refractivity contribution in [3.8, 4) is 17.2 Å². The van der Waals surface area contributed by atoms with Crippen LogP contribution in [0.15, 0.2) is 42.5 Å². The molecule has 0 saturated heterocycles. The number of methoxy groups -OCH3 is 2. The molecule has 0 atom stereocenters. The molecule has 0 N–H and O–H groups in total. The van der Waals surface area contributed by atoms with Crippen LogP contribution in [0.4, 0.5) is 0 Å². The fraction of sp³-hybridized carbons (Fsp3) is 0.133. The Bertz CT molecular complexity index is 625. The molecule has 2 rings (SSSR count). The van der Waals surface area contributed by atoms with E-state index in [1.54, 1.807) is 36.4 Å². The predicted molar refractivity (Wildman–Crippen MR) is 76.0 cm³/mol. The minimum Gasteiger partial charge on any atom is -0.497 e. The molecule has 0 amide bonds. The molecule has 0 saturated carbocycles. The monoisotopic (exact) mass is 292 g/mol. The van der Waals surface area contributed by atoms with Crippen LogP contribution in [0, 0.1) is 0 Å². The molecule has 0 heterocycles. The van der Waals surface area contributed by atoms with Crippen molar-refractivity contribution < 1.29 is 19.0 Å². The van der Waals surface area contributed by atoms with Gasteiger partial charge in [0, 0.05) is 11.1 Å². The smallest absolute Gasteiger partial charge is 0.343 e. The molecule has 2 aromatic carbocycles. The van der Waals surface area contributed by atoms with Crippen LogP contribution in [-0.4, -0.2) is 20.2 Å². The van der Waals surface area contributed by atoms with E-state index in [-0.39, 0.29) is 5.75 Å². The van der Waals surface area contributed by atoms with E-state index in [9.17, 15) is 4.79 Å². The van der Waals surface area contributed by atoms with Gasteiger partial charge in [-0.15, -0.1) is 0 Å². The maximum absolute atomic E-state index is 12.1. The van der Waals surface area contributed by atoms with E-state index >= 15 is 0 Å². The zero-order valence-electron chi connectivity index (χ0n) is 11.1. The topological polar surface area (TPSA) is 44.8 Å². The van der Waals surface area contributed by atoms with E-state index in [4.69, 9.17) is 25.8 Å². The molecule has 0 aliphatic carbocycles. The SMILES string of the molecule is COc1ccc(OC)c(OC(=O)c2cccc(Cl)c2)c1. The maximum atomic E-state index is 12.1. The van der Waals surface area contributed by atoms with Gasteiger partial charge in [0.1, 0.15) is 5.75 Å². The Hall–Kier alpha value is -2.20. The molecule has 20 heavy (non-hydrogen) atoms. The highest BCUT2D eigenvalue weighted by atomic mass is 35.5. The van der Waals surface area contributed by atoms with Crippen molar-refractivity contribution in [2.75, 3.05) is 14.2 Å². The standard InChI is InChI=1S/C15H13ClO4/c1-18-12-6-7-13(19-2)14(9-12)20-15(17)10-4-3-5-11(16)8-10/h3-9H,1-2H3. The molecule has 0 bridgehead atoms. The van der Waals surface area contributed by atoms with Gasteiger partial charge in [0.25, 0.3) is 0 Å². The van der Waals surface area contributed by atoms with Crippen molar-refractivity contribution in [2.45, 2.75) is 0 Å². The summed E-state index contributed by atoms with van der Waals surface area (Å²) in [5.41, 5.74) is 0.363. The van der Waals surface area contributed by atoms with Crippen LogP contribution in [-0.2, 0) is 0 Å². The number of halogens is 1. The van der Waals surface area contributed by atoms with Crippen molar-refractivity contribution >= 4 is 17.6 Å². The van der Waals surface area contributed by atoms with Crippen molar-refractivity contribution in [3.05, 3.63) is 53.1 Å². The first kappa shape index (κ1) is 14.2. The van der Waals surface area contributed by atoms with Gasteiger partial charge in [-0.3, -0.25) is 0 Å². The predicted octanol–water partition coefficient (Wildman–Crippen LogP) is 3.58. The van der Waals surface area contributed by atoms with Gasteiger partial charge in [0.05, 0.1) is 19.8 Å². The first-order chi connectivity index (χ1) is 9.63. The summed E-state index contributed by atoms with van der Waals surface area (Å²) in [4.78, 5) is 12.1. The molecule has 0 unspecified atom stereocenters. The molecule has 0 aliphatic heterocycles. The van der Waals surface area contributed by atoms with Gasteiger partial charge < -0.3 is 14.2 Å². The maximum Gasteiger partial charge on any atom is 0.343 e. The van der Waals surface area contributed by atoms with Gasteiger partial charge in [0.2, 0.25) is 0 Å². The van der Waals surface area contributed by atoms with Gasteiger partial charge in [-0.2, -0.15) is 0 Å². The van der Waals surface area contributed by atoms with Crippen LogP contribution in [0.5, 0.6) is 17.2 Å². The Morgan fingerprint density at radius 3 is 2.45 bits per heavy atom. The Morgan fingerprint density at radius 1 is 1.00 bits per heavy atom. The molecular weight excluding hydrogens is 280 g/mol. The largest absolute Gasteiger partial charge is 0.497 e. The third-order valence-electron chi connectivity index (χ3n) is 2.63. The average Bonchev–Trinajstić information content (AvgIpc) is 2.47. The van der Waals surface area contributed by atoms with Gasteiger partial charge in [-0.25, -0.2) is 4.79 Å². The lowest BCUT2D eigenvalue weighted by Crippen LogP contribution is -2.09. The van der Waals surface area contributed by atoms with Gasteiger partial charge >= 0.3 is 5.97 Å². The summed E-state index contributed by atoms with van der Waals surface area (Å²) in [7, 11) is 3.03. The lowest BCUT2D eigenvalue weighted by atomic mass is 10.2. The number of benzene rings is 2. The van der Waals surface area contributed by atoms with Crippen molar-refractivity contribution in [1.29, 1.82) is 0 Å². The Balaban J connectivity index is 2.27. The minimum absolute atomic E-state index is 0.289. The Kier molecular flexibility index (Phi) is 4.48. The van der Waals surface area contributed by atoms with Gasteiger partial charge in [-0.05, 0) is 30.3 Å². The number of carbonyl (C=O) groups is 1. The minimum atomic E-state index is -0.515. The van der Waals surface area contributed by atoms with Crippen LogP contribution < -0.4 is 14.2 Å². The molecule has 2 aromatic rings. The third-order valence-corrected chi connectivity index (χ3v) is 2.87. The second kappa shape index (κ2) is 6.30. The number of esters is 1. The molecule has 4 nitrogen and oxygen atoms in total. The number of hydrogen-bond acceptors (Lipinski definition) is 4. The number of ether oxygens (including phenoxy) is 3. The highest BCUT2D eigenvalue weighted by molar-refractivity contribution is 6.30. The molecule has 0 aliphatic rings. The average molecular weight is 293 g/mol. The Morgan fingerprint density at radius 2 is 1.80 bits per heavy atom.